The van der Waals surface area contributed by atoms with Crippen LogP contribution in [-0.2, 0) is 4.74 Å². The second-order valence-corrected chi connectivity index (χ2v) is 7.46. The largest absolute Gasteiger partial charge is 0.496 e. The predicted octanol–water partition coefficient (Wildman–Crippen LogP) is 4.46. The first-order chi connectivity index (χ1) is 14.0. The Kier molecular flexibility index (Phi) is 5.36. The van der Waals surface area contributed by atoms with Crippen molar-refractivity contribution in [2.24, 2.45) is 0 Å². The SMILES string of the molecule is COc1c(C(C)Nc2ncnc3c2ncn3C2CCCCO2)cc(F)c(C)c1C. The van der Waals surface area contributed by atoms with Crippen molar-refractivity contribution in [3.8, 4) is 5.75 Å². The number of halogens is 1. The Morgan fingerprint density at radius 3 is 2.79 bits per heavy atom. The number of hydrogen-bond acceptors (Lipinski definition) is 6. The standard InChI is InChI=1S/C21H26FN5O2/c1-12-13(2)19(28-4)15(9-16(12)22)14(3)26-20-18-21(24-10-23-20)27(11-25-18)17-7-5-6-8-29-17/h9-11,14,17H,5-8H2,1-4H3,(H,23,24,26). The third-order valence-electron chi connectivity index (χ3n) is 5.65. The number of rotatable bonds is 5. The van der Waals surface area contributed by atoms with Gasteiger partial charge in [-0.1, -0.05) is 0 Å². The van der Waals surface area contributed by atoms with E-state index in [-0.39, 0.29) is 18.1 Å². The van der Waals surface area contributed by atoms with Gasteiger partial charge >= 0.3 is 0 Å². The Bertz CT molecular complexity index is 1030. The molecule has 2 unspecified atom stereocenters. The fourth-order valence-electron chi connectivity index (χ4n) is 3.86. The maximum atomic E-state index is 14.4. The van der Waals surface area contributed by atoms with Crippen molar-refractivity contribution < 1.29 is 13.9 Å². The molecule has 0 radical (unpaired) electrons. The van der Waals surface area contributed by atoms with Gasteiger partial charge in [-0.25, -0.2) is 19.3 Å². The first kappa shape index (κ1) is 19.6. The highest BCUT2D eigenvalue weighted by molar-refractivity contribution is 5.83. The molecule has 3 aromatic rings. The van der Waals surface area contributed by atoms with E-state index in [0.717, 1.165) is 42.6 Å². The quantitative estimate of drug-likeness (QED) is 0.683. The summed E-state index contributed by atoms with van der Waals surface area (Å²) in [5, 5.41) is 3.35. The maximum absolute atomic E-state index is 14.4. The highest BCUT2D eigenvalue weighted by atomic mass is 19.1. The van der Waals surface area contributed by atoms with E-state index >= 15 is 0 Å². The van der Waals surface area contributed by atoms with E-state index in [4.69, 9.17) is 9.47 Å². The molecule has 1 aliphatic heterocycles. The Balaban J connectivity index is 1.67. The van der Waals surface area contributed by atoms with Gasteiger partial charge in [-0.2, -0.15) is 0 Å². The second kappa shape index (κ2) is 7.94. The summed E-state index contributed by atoms with van der Waals surface area (Å²) in [4.78, 5) is 13.3. The van der Waals surface area contributed by atoms with Crippen LogP contribution in [0.15, 0.2) is 18.7 Å². The van der Waals surface area contributed by atoms with E-state index in [1.807, 2.05) is 18.4 Å². The summed E-state index contributed by atoms with van der Waals surface area (Å²) in [7, 11) is 1.60. The summed E-state index contributed by atoms with van der Waals surface area (Å²) >= 11 is 0. The van der Waals surface area contributed by atoms with Crippen molar-refractivity contribution in [2.45, 2.75) is 52.3 Å². The molecule has 1 saturated heterocycles. The molecular formula is C21H26FN5O2. The summed E-state index contributed by atoms with van der Waals surface area (Å²) in [6.07, 6.45) is 6.35. The van der Waals surface area contributed by atoms with Gasteiger partial charge in [0, 0.05) is 12.2 Å². The minimum Gasteiger partial charge on any atom is -0.496 e. The van der Waals surface area contributed by atoms with Crippen molar-refractivity contribution >= 4 is 17.0 Å². The Labute approximate surface area is 169 Å². The summed E-state index contributed by atoms with van der Waals surface area (Å²) < 4.78 is 27.8. The molecule has 1 N–H and O–H groups in total. The summed E-state index contributed by atoms with van der Waals surface area (Å²) in [6, 6.07) is 1.28. The fourth-order valence-corrected chi connectivity index (χ4v) is 3.86. The van der Waals surface area contributed by atoms with E-state index in [2.05, 4.69) is 20.3 Å². The molecule has 0 saturated carbocycles. The first-order valence-corrected chi connectivity index (χ1v) is 9.90. The zero-order valence-corrected chi connectivity index (χ0v) is 17.2. The fraction of sp³-hybridized carbons (Fsp3) is 0.476. The average molecular weight is 399 g/mol. The molecule has 154 valence electrons. The molecule has 0 spiro atoms. The van der Waals surface area contributed by atoms with Gasteiger partial charge in [0.15, 0.2) is 17.0 Å². The van der Waals surface area contributed by atoms with Crippen molar-refractivity contribution in [1.82, 2.24) is 19.5 Å². The Hall–Kier alpha value is -2.74. The zero-order chi connectivity index (χ0) is 20.5. The van der Waals surface area contributed by atoms with Crippen LogP contribution in [0.25, 0.3) is 11.2 Å². The van der Waals surface area contributed by atoms with Crippen molar-refractivity contribution in [3.05, 3.63) is 41.2 Å². The van der Waals surface area contributed by atoms with E-state index < -0.39 is 0 Å². The lowest BCUT2D eigenvalue weighted by atomic mass is 9.99. The number of fused-ring (bicyclic) bond motifs is 1. The molecule has 3 heterocycles. The van der Waals surface area contributed by atoms with Crippen molar-refractivity contribution in [3.63, 3.8) is 0 Å². The molecule has 29 heavy (non-hydrogen) atoms. The number of ether oxygens (including phenoxy) is 2. The Morgan fingerprint density at radius 2 is 2.07 bits per heavy atom. The predicted molar refractivity (Wildman–Crippen MR) is 109 cm³/mol. The lowest BCUT2D eigenvalue weighted by Gasteiger charge is -2.24. The molecule has 1 aromatic carbocycles. The Morgan fingerprint density at radius 1 is 1.24 bits per heavy atom. The van der Waals surface area contributed by atoms with Gasteiger partial charge in [0.05, 0.1) is 19.5 Å². The van der Waals surface area contributed by atoms with Gasteiger partial charge in [0.1, 0.15) is 24.1 Å². The lowest BCUT2D eigenvalue weighted by molar-refractivity contribution is -0.0298. The number of imidazole rings is 1. The first-order valence-electron chi connectivity index (χ1n) is 9.90. The van der Waals surface area contributed by atoms with Crippen LogP contribution in [0.5, 0.6) is 5.75 Å². The van der Waals surface area contributed by atoms with Crippen LogP contribution in [0.4, 0.5) is 10.2 Å². The van der Waals surface area contributed by atoms with Gasteiger partial charge in [0.25, 0.3) is 0 Å². The van der Waals surface area contributed by atoms with Gasteiger partial charge in [0.2, 0.25) is 0 Å². The zero-order valence-electron chi connectivity index (χ0n) is 17.2. The molecule has 7 nitrogen and oxygen atoms in total. The molecule has 4 rings (SSSR count). The van der Waals surface area contributed by atoms with E-state index in [0.29, 0.717) is 22.6 Å². The van der Waals surface area contributed by atoms with Crippen LogP contribution in [0.1, 0.15) is 55.1 Å². The van der Waals surface area contributed by atoms with Gasteiger partial charge < -0.3 is 14.8 Å². The molecule has 0 bridgehead atoms. The molecule has 0 amide bonds. The minimum atomic E-state index is -0.251. The van der Waals surface area contributed by atoms with Gasteiger partial charge in [-0.15, -0.1) is 0 Å². The van der Waals surface area contributed by atoms with Gasteiger partial charge in [-0.05, 0) is 57.2 Å². The normalized spacial score (nSPS) is 18.0. The number of benzene rings is 1. The monoisotopic (exact) mass is 399 g/mol. The highest BCUT2D eigenvalue weighted by Gasteiger charge is 2.22. The van der Waals surface area contributed by atoms with Crippen molar-refractivity contribution in [2.75, 3.05) is 19.0 Å². The molecular weight excluding hydrogens is 373 g/mol. The number of anilines is 1. The lowest BCUT2D eigenvalue weighted by Crippen LogP contribution is -2.17. The van der Waals surface area contributed by atoms with E-state index in [9.17, 15) is 4.39 Å². The molecule has 8 heteroatoms. The second-order valence-electron chi connectivity index (χ2n) is 7.46. The van der Waals surface area contributed by atoms with Crippen LogP contribution in [-0.4, -0.2) is 33.2 Å². The number of hydrogen-bond donors (Lipinski definition) is 1. The maximum Gasteiger partial charge on any atom is 0.167 e. The molecule has 1 aliphatic rings. The number of aromatic nitrogens is 4. The number of methoxy groups -OCH3 is 1. The minimum absolute atomic E-state index is 0.0529. The third kappa shape index (κ3) is 3.53. The van der Waals surface area contributed by atoms with Crippen LogP contribution < -0.4 is 10.1 Å². The summed E-state index contributed by atoms with van der Waals surface area (Å²) in [6.45, 7) is 6.31. The van der Waals surface area contributed by atoms with Crippen LogP contribution >= 0.6 is 0 Å². The number of nitrogens with one attached hydrogen (secondary N) is 1. The van der Waals surface area contributed by atoms with E-state index in [1.54, 1.807) is 20.4 Å². The topological polar surface area (TPSA) is 74.1 Å². The van der Waals surface area contributed by atoms with Gasteiger partial charge in [-0.3, -0.25) is 4.57 Å². The molecule has 0 aliphatic carbocycles. The highest BCUT2D eigenvalue weighted by Crippen LogP contribution is 2.35. The number of nitrogens with zero attached hydrogens (tertiary/aromatic N) is 4. The smallest absolute Gasteiger partial charge is 0.167 e. The molecule has 1 fully saturated rings. The van der Waals surface area contributed by atoms with E-state index in [1.165, 1.54) is 12.4 Å². The average Bonchev–Trinajstić information content (AvgIpc) is 3.17. The summed E-state index contributed by atoms with van der Waals surface area (Å²) in [5.41, 5.74) is 3.50. The van der Waals surface area contributed by atoms with Crippen LogP contribution in [0.3, 0.4) is 0 Å². The third-order valence-corrected chi connectivity index (χ3v) is 5.65. The van der Waals surface area contributed by atoms with Crippen LogP contribution in [0.2, 0.25) is 0 Å². The van der Waals surface area contributed by atoms with Crippen LogP contribution in [0, 0.1) is 19.7 Å². The van der Waals surface area contributed by atoms with Crippen molar-refractivity contribution in [1.29, 1.82) is 0 Å². The molecule has 2 atom stereocenters. The summed E-state index contributed by atoms with van der Waals surface area (Å²) in [5.74, 6) is 1.02. The molecule has 2 aromatic heterocycles.